The number of carboxylic acid groups (broad SMARTS) is 1. The number of carboxylic acids is 1. The predicted molar refractivity (Wildman–Crippen MR) is 42.5 cm³/mol. The zero-order valence-corrected chi connectivity index (χ0v) is 6.92. The van der Waals surface area contributed by atoms with Crippen LogP contribution in [0.1, 0.15) is 26.2 Å². The number of hydrogen-bond donors (Lipinski definition) is 1. The molecular formula is C8H15NO2. The first-order valence-electron chi connectivity index (χ1n) is 4.20. The van der Waals surface area contributed by atoms with E-state index in [1.807, 2.05) is 0 Å². The molecule has 0 spiro atoms. The Morgan fingerprint density at radius 2 is 2.27 bits per heavy atom. The van der Waals surface area contributed by atoms with Gasteiger partial charge >= 0.3 is 5.97 Å². The van der Waals surface area contributed by atoms with Crippen molar-refractivity contribution in [1.82, 2.24) is 4.90 Å². The van der Waals surface area contributed by atoms with Crippen LogP contribution in [0.3, 0.4) is 0 Å². The minimum Gasteiger partial charge on any atom is -0.480 e. The highest BCUT2D eigenvalue weighted by Crippen LogP contribution is 2.26. The number of nitrogens with zero attached hydrogens (tertiary/aromatic N) is 1. The van der Waals surface area contributed by atoms with E-state index < -0.39 is 5.97 Å². The molecule has 0 saturated heterocycles. The Morgan fingerprint density at radius 3 is 2.64 bits per heavy atom. The maximum absolute atomic E-state index is 10.4. The Labute approximate surface area is 67.0 Å². The van der Waals surface area contributed by atoms with Crippen LogP contribution >= 0.6 is 0 Å². The largest absolute Gasteiger partial charge is 0.480 e. The Kier molecular flexibility index (Phi) is 2.88. The van der Waals surface area contributed by atoms with Gasteiger partial charge in [-0.25, -0.2) is 0 Å². The summed E-state index contributed by atoms with van der Waals surface area (Å²) < 4.78 is 0. The van der Waals surface area contributed by atoms with Crippen LogP contribution in [0.5, 0.6) is 0 Å². The van der Waals surface area contributed by atoms with E-state index in [1.54, 1.807) is 0 Å². The van der Waals surface area contributed by atoms with Crippen molar-refractivity contribution in [3.8, 4) is 0 Å². The Morgan fingerprint density at radius 1 is 1.64 bits per heavy atom. The molecule has 1 aliphatic carbocycles. The molecule has 0 radical (unpaired) electrons. The van der Waals surface area contributed by atoms with Crippen LogP contribution in [0.15, 0.2) is 0 Å². The average molecular weight is 157 g/mol. The van der Waals surface area contributed by atoms with Crippen molar-refractivity contribution in [3.63, 3.8) is 0 Å². The fraction of sp³-hybridized carbons (Fsp3) is 0.875. The lowest BCUT2D eigenvalue weighted by atomic mass is 10.4. The van der Waals surface area contributed by atoms with Gasteiger partial charge in [-0.15, -0.1) is 0 Å². The minimum absolute atomic E-state index is 0.221. The molecule has 0 aliphatic heterocycles. The highest BCUT2D eigenvalue weighted by molar-refractivity contribution is 5.69. The summed E-state index contributed by atoms with van der Waals surface area (Å²) in [5.41, 5.74) is 0. The molecule has 1 saturated carbocycles. The first kappa shape index (κ1) is 8.53. The molecule has 64 valence electrons. The van der Waals surface area contributed by atoms with E-state index in [-0.39, 0.29) is 6.54 Å². The summed E-state index contributed by atoms with van der Waals surface area (Å²) in [6, 6.07) is 0.575. The fourth-order valence-electron chi connectivity index (χ4n) is 1.29. The number of rotatable bonds is 5. The smallest absolute Gasteiger partial charge is 0.317 e. The standard InChI is InChI=1S/C8H15NO2/c1-2-5-9(6-8(10)11)7-3-4-7/h7H,2-6H2,1H3,(H,10,11). The first-order valence-corrected chi connectivity index (χ1v) is 4.20. The lowest BCUT2D eigenvalue weighted by molar-refractivity contribution is -0.138. The SMILES string of the molecule is CCCN(CC(=O)O)C1CC1. The molecule has 1 rings (SSSR count). The quantitative estimate of drug-likeness (QED) is 0.645. The second-order valence-electron chi connectivity index (χ2n) is 3.10. The van der Waals surface area contributed by atoms with Crippen LogP contribution in [-0.2, 0) is 4.79 Å². The van der Waals surface area contributed by atoms with Crippen molar-refractivity contribution in [3.05, 3.63) is 0 Å². The molecule has 0 amide bonds. The van der Waals surface area contributed by atoms with Gasteiger partial charge in [0.1, 0.15) is 0 Å². The van der Waals surface area contributed by atoms with Crippen LogP contribution in [0.2, 0.25) is 0 Å². The zero-order valence-electron chi connectivity index (χ0n) is 6.92. The second-order valence-corrected chi connectivity index (χ2v) is 3.10. The van der Waals surface area contributed by atoms with E-state index in [0.717, 1.165) is 13.0 Å². The summed E-state index contributed by atoms with van der Waals surface area (Å²) >= 11 is 0. The molecule has 11 heavy (non-hydrogen) atoms. The highest BCUT2D eigenvalue weighted by atomic mass is 16.4. The highest BCUT2D eigenvalue weighted by Gasteiger charge is 2.29. The van der Waals surface area contributed by atoms with Gasteiger partial charge in [0.25, 0.3) is 0 Å². The second kappa shape index (κ2) is 3.72. The van der Waals surface area contributed by atoms with Crippen LogP contribution in [0, 0.1) is 0 Å². The maximum Gasteiger partial charge on any atom is 0.317 e. The molecule has 0 aromatic rings. The Balaban J connectivity index is 2.26. The normalized spacial score (nSPS) is 17.3. The Hall–Kier alpha value is -0.570. The molecule has 0 aromatic carbocycles. The summed E-state index contributed by atoms with van der Waals surface area (Å²) in [7, 11) is 0. The van der Waals surface area contributed by atoms with Gasteiger partial charge in [0.15, 0.2) is 0 Å². The molecule has 1 N–H and O–H groups in total. The molecular weight excluding hydrogens is 142 g/mol. The van der Waals surface area contributed by atoms with Crippen molar-refractivity contribution >= 4 is 5.97 Å². The minimum atomic E-state index is -0.703. The van der Waals surface area contributed by atoms with Crippen molar-refractivity contribution in [2.24, 2.45) is 0 Å². The Bertz CT molecular complexity index is 143. The molecule has 1 fully saturated rings. The first-order chi connectivity index (χ1) is 5.24. The maximum atomic E-state index is 10.4. The third-order valence-electron chi connectivity index (χ3n) is 1.91. The van der Waals surface area contributed by atoms with Crippen molar-refractivity contribution < 1.29 is 9.90 Å². The molecule has 3 heteroatoms. The van der Waals surface area contributed by atoms with Crippen molar-refractivity contribution in [1.29, 1.82) is 0 Å². The summed E-state index contributed by atoms with van der Waals surface area (Å²) in [4.78, 5) is 12.4. The number of hydrogen-bond acceptors (Lipinski definition) is 2. The van der Waals surface area contributed by atoms with Gasteiger partial charge in [-0.05, 0) is 25.8 Å². The van der Waals surface area contributed by atoms with Gasteiger partial charge < -0.3 is 5.11 Å². The van der Waals surface area contributed by atoms with Gasteiger partial charge in [0, 0.05) is 6.04 Å². The van der Waals surface area contributed by atoms with Crippen LogP contribution < -0.4 is 0 Å². The van der Waals surface area contributed by atoms with E-state index in [1.165, 1.54) is 12.8 Å². The van der Waals surface area contributed by atoms with Gasteiger partial charge in [0.2, 0.25) is 0 Å². The summed E-state index contributed by atoms with van der Waals surface area (Å²) in [5, 5.41) is 8.55. The molecule has 0 aromatic heterocycles. The van der Waals surface area contributed by atoms with Crippen LogP contribution in [0.25, 0.3) is 0 Å². The van der Waals surface area contributed by atoms with Gasteiger partial charge in [-0.1, -0.05) is 6.92 Å². The van der Waals surface area contributed by atoms with E-state index in [4.69, 9.17) is 5.11 Å². The van der Waals surface area contributed by atoms with E-state index in [9.17, 15) is 4.79 Å². The van der Waals surface area contributed by atoms with Crippen molar-refractivity contribution in [2.75, 3.05) is 13.1 Å². The van der Waals surface area contributed by atoms with E-state index in [0.29, 0.717) is 6.04 Å². The van der Waals surface area contributed by atoms with E-state index in [2.05, 4.69) is 11.8 Å². The van der Waals surface area contributed by atoms with Crippen LogP contribution in [0.4, 0.5) is 0 Å². The lowest BCUT2D eigenvalue weighted by Crippen LogP contribution is -2.32. The average Bonchev–Trinajstić information content (AvgIpc) is 2.66. The molecule has 0 bridgehead atoms. The summed E-state index contributed by atoms with van der Waals surface area (Å²) in [6.45, 7) is 3.23. The van der Waals surface area contributed by atoms with Crippen molar-refractivity contribution in [2.45, 2.75) is 32.2 Å². The monoisotopic (exact) mass is 157 g/mol. The van der Waals surface area contributed by atoms with E-state index >= 15 is 0 Å². The third-order valence-corrected chi connectivity index (χ3v) is 1.91. The molecule has 0 heterocycles. The zero-order chi connectivity index (χ0) is 8.27. The third kappa shape index (κ3) is 2.89. The predicted octanol–water partition coefficient (Wildman–Crippen LogP) is 0.945. The number of carbonyl (C=O) groups is 1. The topological polar surface area (TPSA) is 40.5 Å². The summed E-state index contributed by atoms with van der Waals surface area (Å²) in [6.07, 6.45) is 3.42. The fourth-order valence-corrected chi connectivity index (χ4v) is 1.29. The molecule has 0 unspecified atom stereocenters. The van der Waals surface area contributed by atoms with Crippen LogP contribution in [-0.4, -0.2) is 35.1 Å². The lowest BCUT2D eigenvalue weighted by Gasteiger charge is -2.17. The molecule has 0 atom stereocenters. The molecule has 3 nitrogen and oxygen atoms in total. The van der Waals surface area contributed by atoms with Gasteiger partial charge in [-0.2, -0.15) is 0 Å². The number of aliphatic carboxylic acids is 1. The molecule has 1 aliphatic rings. The summed E-state index contributed by atoms with van der Waals surface area (Å²) in [5.74, 6) is -0.703. The van der Waals surface area contributed by atoms with Gasteiger partial charge in [-0.3, -0.25) is 9.69 Å². The van der Waals surface area contributed by atoms with Gasteiger partial charge in [0.05, 0.1) is 6.54 Å².